The summed E-state index contributed by atoms with van der Waals surface area (Å²) in [6, 6.07) is 8.50. The van der Waals surface area contributed by atoms with Gasteiger partial charge in [0.15, 0.2) is 0 Å². The van der Waals surface area contributed by atoms with Crippen molar-refractivity contribution in [2.45, 2.75) is 6.42 Å². The third kappa shape index (κ3) is 6.34. The SMILES string of the molecule is CNc1cc[c]([Pb])cc1.O=CN1CCCNCC1. The smallest absolute Gasteiger partial charge is 0.209 e. The Labute approximate surface area is 125 Å². The van der Waals surface area contributed by atoms with Gasteiger partial charge in [0.1, 0.15) is 0 Å². The van der Waals surface area contributed by atoms with Gasteiger partial charge in [0, 0.05) is 19.6 Å². The molecule has 1 amide bonds. The van der Waals surface area contributed by atoms with E-state index < -0.39 is 0 Å². The summed E-state index contributed by atoms with van der Waals surface area (Å²) in [6.45, 7) is 3.77. The summed E-state index contributed by atoms with van der Waals surface area (Å²) in [5.74, 6) is 0. The van der Waals surface area contributed by atoms with Crippen LogP contribution >= 0.6 is 0 Å². The zero-order chi connectivity index (χ0) is 13.2. The van der Waals surface area contributed by atoms with Gasteiger partial charge in [-0.1, -0.05) is 0 Å². The van der Waals surface area contributed by atoms with Crippen molar-refractivity contribution >= 4 is 41.0 Å². The second-order valence-corrected chi connectivity index (χ2v) is 6.32. The number of anilines is 1. The number of carbonyl (C=O) groups excluding carboxylic acids is 1. The predicted octanol–water partition coefficient (Wildman–Crippen LogP) is -0.0398. The quantitative estimate of drug-likeness (QED) is 0.500. The third-order valence-corrected chi connectivity index (χ3v) is 3.99. The maximum absolute atomic E-state index is 10.2. The second kappa shape index (κ2) is 9.32. The zero-order valence-electron chi connectivity index (χ0n) is 10.8. The molecule has 97 valence electrons. The summed E-state index contributed by atoms with van der Waals surface area (Å²) in [6.07, 6.45) is 2.01. The first-order valence-corrected chi connectivity index (χ1v) is 8.10. The van der Waals surface area contributed by atoms with Gasteiger partial charge in [-0.15, -0.1) is 0 Å². The molecular formula is C13H20N3OPb. The summed E-state index contributed by atoms with van der Waals surface area (Å²) in [4.78, 5) is 12.0. The van der Waals surface area contributed by atoms with E-state index in [0.717, 1.165) is 64.8 Å². The molecular weight excluding hydrogens is 421 g/mol. The second-order valence-electron chi connectivity index (χ2n) is 4.07. The Hall–Kier alpha value is -0.628. The Morgan fingerprint density at radius 2 is 2.00 bits per heavy atom. The van der Waals surface area contributed by atoms with E-state index >= 15 is 0 Å². The number of nitrogens with one attached hydrogen (secondary N) is 2. The first kappa shape index (κ1) is 15.4. The zero-order valence-corrected chi connectivity index (χ0v) is 14.7. The first-order valence-electron chi connectivity index (χ1n) is 6.15. The summed E-state index contributed by atoms with van der Waals surface area (Å²) in [7, 11) is 1.93. The molecule has 1 fully saturated rings. The van der Waals surface area contributed by atoms with Gasteiger partial charge in [-0.05, 0) is 13.0 Å². The van der Waals surface area contributed by atoms with Crippen molar-refractivity contribution in [3.05, 3.63) is 24.3 Å². The molecule has 0 bridgehead atoms. The maximum atomic E-state index is 10.2. The monoisotopic (exact) mass is 442 g/mol. The van der Waals surface area contributed by atoms with E-state index in [-0.39, 0.29) is 0 Å². The fourth-order valence-electron chi connectivity index (χ4n) is 1.61. The van der Waals surface area contributed by atoms with E-state index in [1.165, 1.54) is 8.81 Å². The Bertz CT molecular complexity index is 335. The van der Waals surface area contributed by atoms with Gasteiger partial charge < -0.3 is 10.2 Å². The van der Waals surface area contributed by atoms with Crippen LogP contribution < -0.4 is 13.8 Å². The minimum atomic E-state index is 0.865. The predicted molar refractivity (Wildman–Crippen MR) is 76.5 cm³/mol. The van der Waals surface area contributed by atoms with Crippen LogP contribution in [0.1, 0.15) is 6.42 Å². The normalized spacial score (nSPS) is 15.1. The summed E-state index contributed by atoms with van der Waals surface area (Å²) < 4.78 is 1.44. The van der Waals surface area contributed by atoms with Crippen molar-refractivity contribution in [3.8, 4) is 0 Å². The maximum Gasteiger partial charge on any atom is 0.209 e. The molecule has 2 N–H and O–H groups in total. The van der Waals surface area contributed by atoms with Gasteiger partial charge in [-0.3, -0.25) is 4.79 Å². The number of benzene rings is 1. The number of amides is 1. The molecule has 0 aliphatic carbocycles. The van der Waals surface area contributed by atoms with Crippen LogP contribution in [0, 0.1) is 0 Å². The van der Waals surface area contributed by atoms with E-state index in [0.29, 0.717) is 0 Å². The average Bonchev–Trinajstić information content (AvgIpc) is 2.69. The molecule has 18 heavy (non-hydrogen) atoms. The molecule has 1 aromatic rings. The topological polar surface area (TPSA) is 44.4 Å². The van der Waals surface area contributed by atoms with Crippen molar-refractivity contribution in [2.24, 2.45) is 0 Å². The Morgan fingerprint density at radius 3 is 2.61 bits per heavy atom. The number of rotatable bonds is 2. The molecule has 1 heterocycles. The molecule has 1 aromatic carbocycles. The van der Waals surface area contributed by atoms with E-state index in [4.69, 9.17) is 0 Å². The van der Waals surface area contributed by atoms with Gasteiger partial charge in [0.2, 0.25) is 6.41 Å². The fraction of sp³-hybridized carbons (Fsp3) is 0.462. The molecule has 0 atom stereocenters. The average molecular weight is 442 g/mol. The summed E-state index contributed by atoms with van der Waals surface area (Å²) in [5.41, 5.74) is 1.19. The van der Waals surface area contributed by atoms with Crippen molar-refractivity contribution in [1.82, 2.24) is 10.2 Å². The number of hydrogen-bond acceptors (Lipinski definition) is 3. The molecule has 0 unspecified atom stereocenters. The van der Waals surface area contributed by atoms with E-state index in [2.05, 4.69) is 34.9 Å². The largest absolute Gasteiger partial charge is 0.344 e. The van der Waals surface area contributed by atoms with Gasteiger partial charge in [0.25, 0.3) is 0 Å². The molecule has 0 saturated carbocycles. The van der Waals surface area contributed by atoms with E-state index in [1.54, 1.807) is 4.90 Å². The van der Waals surface area contributed by atoms with Crippen molar-refractivity contribution < 1.29 is 4.79 Å². The molecule has 3 radical (unpaired) electrons. The Balaban J connectivity index is 0.000000180. The van der Waals surface area contributed by atoms with Crippen LogP contribution in [0.15, 0.2) is 24.3 Å². The number of carbonyl (C=O) groups is 1. The van der Waals surface area contributed by atoms with Crippen LogP contribution in [-0.4, -0.2) is 70.3 Å². The molecule has 2 rings (SSSR count). The van der Waals surface area contributed by atoms with Crippen LogP contribution in [0.2, 0.25) is 0 Å². The molecule has 4 nitrogen and oxygen atoms in total. The summed E-state index contributed by atoms with van der Waals surface area (Å²) >= 11 is 1.15. The number of hydrogen-bond donors (Lipinski definition) is 2. The van der Waals surface area contributed by atoms with Crippen LogP contribution in [0.25, 0.3) is 0 Å². The molecule has 5 heteroatoms. The Kier molecular flexibility index (Phi) is 7.99. The van der Waals surface area contributed by atoms with Crippen molar-refractivity contribution in [3.63, 3.8) is 0 Å². The van der Waals surface area contributed by atoms with Crippen molar-refractivity contribution in [2.75, 3.05) is 38.5 Å². The Morgan fingerprint density at radius 1 is 1.28 bits per heavy atom. The minimum absolute atomic E-state index is 0.865. The standard InChI is InChI=1S/C7H8N.C6H12N2O.Pb/c1-8-7-5-3-2-4-6-7;9-6-8-4-1-2-7-3-5-8;/h3-6,8H,1H3;6-7H,1-5H2;. The van der Waals surface area contributed by atoms with Gasteiger partial charge in [0.05, 0.1) is 0 Å². The minimum Gasteiger partial charge on any atom is -0.344 e. The van der Waals surface area contributed by atoms with Gasteiger partial charge >= 0.3 is 71.2 Å². The molecule has 1 aliphatic rings. The third-order valence-electron chi connectivity index (χ3n) is 2.70. The fourth-order valence-corrected chi connectivity index (χ4v) is 2.26. The number of nitrogens with zero attached hydrogens (tertiary/aromatic N) is 1. The summed E-state index contributed by atoms with van der Waals surface area (Å²) in [5, 5.41) is 6.28. The molecule has 0 aromatic heterocycles. The van der Waals surface area contributed by atoms with E-state index in [9.17, 15) is 4.79 Å². The van der Waals surface area contributed by atoms with Crippen molar-refractivity contribution in [1.29, 1.82) is 0 Å². The molecule has 1 aliphatic heterocycles. The molecule has 0 spiro atoms. The van der Waals surface area contributed by atoms with Gasteiger partial charge in [-0.2, -0.15) is 0 Å². The van der Waals surface area contributed by atoms with Crippen LogP contribution in [-0.2, 0) is 4.79 Å². The van der Waals surface area contributed by atoms with E-state index in [1.807, 2.05) is 7.05 Å². The van der Waals surface area contributed by atoms with Gasteiger partial charge in [-0.25, -0.2) is 0 Å². The van der Waals surface area contributed by atoms with Crippen LogP contribution in [0.3, 0.4) is 0 Å². The first-order chi connectivity index (χ1) is 8.76. The van der Waals surface area contributed by atoms with Crippen LogP contribution in [0.5, 0.6) is 0 Å². The van der Waals surface area contributed by atoms with Crippen LogP contribution in [0.4, 0.5) is 5.69 Å². The molecule has 1 saturated heterocycles.